The number of anilines is 3. The molecule has 2 aliphatic heterocycles. The lowest BCUT2D eigenvalue weighted by molar-refractivity contribution is -0.0334. The zero-order valence-corrected chi connectivity index (χ0v) is 23.7. The number of nitrogens with zero attached hydrogens (tertiary/aromatic N) is 1. The van der Waals surface area contributed by atoms with Crippen molar-refractivity contribution in [1.82, 2.24) is 0 Å². The minimum Gasteiger partial charge on any atom is -0.497 e. The number of hydrogen-bond acceptors (Lipinski definition) is 8. The van der Waals surface area contributed by atoms with Crippen LogP contribution in [0.2, 0.25) is 5.02 Å². The molecule has 2 N–H and O–H groups in total. The first-order valence-corrected chi connectivity index (χ1v) is 14.6. The number of benzene rings is 3. The third-order valence-electron chi connectivity index (χ3n) is 6.08. The standard InChI is InChI=1S/C24H24ClN3O5S.C4H8O2/c1-32-18-8-6-17(7-9-18)27-34(30,31)19-10-11-23(28-12-14-33-15-13-28)22(16-19)26-24(29)20-4-2-3-5-21(20)25;1-2-6-4-3-5-1/h2-11,16,27H,12-15H2,1H3,(H,26,29);1-4H2. The van der Waals surface area contributed by atoms with Crippen LogP contribution in [0, 0.1) is 0 Å². The molecule has 40 heavy (non-hydrogen) atoms. The molecule has 2 saturated heterocycles. The van der Waals surface area contributed by atoms with E-state index in [1.165, 1.54) is 19.2 Å². The Morgan fingerprint density at radius 3 is 2.10 bits per heavy atom. The molecule has 0 spiro atoms. The number of carbonyl (C=O) groups is 1. The highest BCUT2D eigenvalue weighted by Gasteiger charge is 2.22. The average molecular weight is 590 g/mol. The molecule has 0 atom stereocenters. The lowest BCUT2D eigenvalue weighted by Crippen LogP contribution is -2.36. The largest absolute Gasteiger partial charge is 0.497 e. The van der Waals surface area contributed by atoms with Crippen LogP contribution in [-0.2, 0) is 24.2 Å². The maximum absolute atomic E-state index is 13.1. The number of hydrogen-bond donors (Lipinski definition) is 2. The Hall–Kier alpha value is -3.35. The molecule has 5 rings (SSSR count). The molecular formula is C28H32ClN3O7S. The normalized spacial score (nSPS) is 15.4. The number of amides is 1. The van der Waals surface area contributed by atoms with Gasteiger partial charge in [-0.1, -0.05) is 23.7 Å². The second-order valence-electron chi connectivity index (χ2n) is 8.77. The first-order valence-electron chi connectivity index (χ1n) is 12.7. The lowest BCUT2D eigenvalue weighted by atomic mass is 10.2. The Morgan fingerprint density at radius 1 is 0.875 bits per heavy atom. The van der Waals surface area contributed by atoms with Crippen LogP contribution in [0.4, 0.5) is 17.1 Å². The number of rotatable bonds is 7. The molecule has 0 bridgehead atoms. The number of ether oxygens (including phenoxy) is 4. The molecule has 0 aromatic heterocycles. The van der Waals surface area contributed by atoms with E-state index in [9.17, 15) is 13.2 Å². The number of sulfonamides is 1. The Balaban J connectivity index is 0.000000546. The van der Waals surface area contributed by atoms with Gasteiger partial charge in [0.25, 0.3) is 15.9 Å². The second-order valence-corrected chi connectivity index (χ2v) is 10.9. The molecule has 2 fully saturated rings. The molecule has 12 heteroatoms. The molecule has 3 aromatic rings. The van der Waals surface area contributed by atoms with E-state index in [1.54, 1.807) is 54.6 Å². The van der Waals surface area contributed by atoms with Gasteiger partial charge in [0.2, 0.25) is 0 Å². The molecule has 2 heterocycles. The minimum atomic E-state index is -3.92. The van der Waals surface area contributed by atoms with Gasteiger partial charge in [0.1, 0.15) is 5.75 Å². The van der Waals surface area contributed by atoms with Gasteiger partial charge in [-0.3, -0.25) is 9.52 Å². The van der Waals surface area contributed by atoms with Crippen LogP contribution >= 0.6 is 11.6 Å². The van der Waals surface area contributed by atoms with E-state index in [1.807, 2.05) is 4.90 Å². The molecule has 10 nitrogen and oxygen atoms in total. The van der Waals surface area contributed by atoms with Crippen molar-refractivity contribution in [2.75, 3.05) is 74.8 Å². The van der Waals surface area contributed by atoms with E-state index < -0.39 is 15.9 Å². The predicted molar refractivity (Wildman–Crippen MR) is 154 cm³/mol. The quantitative estimate of drug-likeness (QED) is 0.420. The molecule has 0 saturated carbocycles. The van der Waals surface area contributed by atoms with Crippen molar-refractivity contribution in [3.8, 4) is 5.75 Å². The molecule has 0 unspecified atom stereocenters. The van der Waals surface area contributed by atoms with Crippen molar-refractivity contribution in [2.24, 2.45) is 0 Å². The van der Waals surface area contributed by atoms with Gasteiger partial charge < -0.3 is 29.2 Å². The van der Waals surface area contributed by atoms with Crippen LogP contribution in [0.25, 0.3) is 0 Å². The number of nitrogens with one attached hydrogen (secondary N) is 2. The van der Waals surface area contributed by atoms with Gasteiger partial charge in [-0.25, -0.2) is 8.42 Å². The Labute approximate surface area is 239 Å². The summed E-state index contributed by atoms with van der Waals surface area (Å²) in [5, 5.41) is 3.15. The summed E-state index contributed by atoms with van der Waals surface area (Å²) in [6.07, 6.45) is 0. The van der Waals surface area contributed by atoms with Crippen molar-refractivity contribution in [2.45, 2.75) is 4.90 Å². The van der Waals surface area contributed by atoms with E-state index in [2.05, 4.69) is 10.0 Å². The zero-order chi connectivity index (χ0) is 28.4. The second kappa shape index (κ2) is 14.3. The molecule has 2 aliphatic rings. The molecule has 1 amide bonds. The number of halogens is 1. The fourth-order valence-electron chi connectivity index (χ4n) is 4.01. The summed E-state index contributed by atoms with van der Waals surface area (Å²) in [6.45, 7) is 5.42. The highest BCUT2D eigenvalue weighted by molar-refractivity contribution is 7.92. The summed E-state index contributed by atoms with van der Waals surface area (Å²) in [6, 6.07) is 17.9. The average Bonchev–Trinajstić information content (AvgIpc) is 2.99. The van der Waals surface area contributed by atoms with Gasteiger partial charge in [-0.05, 0) is 54.6 Å². The van der Waals surface area contributed by atoms with E-state index in [4.69, 9.17) is 30.5 Å². The smallest absolute Gasteiger partial charge is 0.261 e. The summed E-state index contributed by atoms with van der Waals surface area (Å²) in [4.78, 5) is 15.0. The van der Waals surface area contributed by atoms with Crippen molar-refractivity contribution in [3.05, 3.63) is 77.3 Å². The van der Waals surface area contributed by atoms with E-state index >= 15 is 0 Å². The van der Waals surface area contributed by atoms with Crippen LogP contribution in [0.3, 0.4) is 0 Å². The third-order valence-corrected chi connectivity index (χ3v) is 7.79. The highest BCUT2D eigenvalue weighted by atomic mass is 35.5. The summed E-state index contributed by atoms with van der Waals surface area (Å²) < 4.78 is 49.2. The van der Waals surface area contributed by atoms with Gasteiger partial charge in [0, 0.05) is 18.8 Å². The molecule has 3 aromatic carbocycles. The molecule has 0 radical (unpaired) electrons. The summed E-state index contributed by atoms with van der Waals surface area (Å²) >= 11 is 6.19. The maximum Gasteiger partial charge on any atom is 0.261 e. The highest BCUT2D eigenvalue weighted by Crippen LogP contribution is 2.31. The summed E-state index contributed by atoms with van der Waals surface area (Å²) in [5.41, 5.74) is 1.75. The van der Waals surface area contributed by atoms with Gasteiger partial charge >= 0.3 is 0 Å². The first-order chi connectivity index (χ1) is 19.4. The van der Waals surface area contributed by atoms with E-state index in [0.717, 1.165) is 26.4 Å². The number of methoxy groups -OCH3 is 1. The fraction of sp³-hybridized carbons (Fsp3) is 0.321. The zero-order valence-electron chi connectivity index (χ0n) is 22.1. The topological polar surface area (TPSA) is 115 Å². The number of morpholine rings is 1. The SMILES string of the molecule is C1COCCO1.COc1ccc(NS(=O)(=O)c2ccc(N3CCOCC3)c(NC(=O)c3ccccc3Cl)c2)cc1. The first kappa shape index (κ1) is 29.6. The van der Waals surface area contributed by atoms with Crippen LogP contribution in [0.5, 0.6) is 5.75 Å². The van der Waals surface area contributed by atoms with Crippen LogP contribution in [0.1, 0.15) is 10.4 Å². The molecule has 214 valence electrons. The lowest BCUT2D eigenvalue weighted by Gasteiger charge is -2.30. The van der Waals surface area contributed by atoms with Crippen LogP contribution < -0.4 is 19.7 Å². The van der Waals surface area contributed by atoms with Crippen molar-refractivity contribution >= 4 is 44.6 Å². The predicted octanol–water partition coefficient (Wildman–Crippen LogP) is 4.27. The molecule has 0 aliphatic carbocycles. The van der Waals surface area contributed by atoms with Gasteiger partial charge in [-0.2, -0.15) is 0 Å². The number of carbonyl (C=O) groups excluding carboxylic acids is 1. The maximum atomic E-state index is 13.1. The monoisotopic (exact) mass is 589 g/mol. The van der Waals surface area contributed by atoms with Crippen LogP contribution in [0.15, 0.2) is 71.6 Å². The van der Waals surface area contributed by atoms with E-state index in [-0.39, 0.29) is 4.90 Å². The molecular weight excluding hydrogens is 558 g/mol. The van der Waals surface area contributed by atoms with Crippen LogP contribution in [-0.4, -0.2) is 74.2 Å². The minimum absolute atomic E-state index is 0.00906. The Morgan fingerprint density at radius 2 is 1.50 bits per heavy atom. The fourth-order valence-corrected chi connectivity index (χ4v) is 5.32. The summed E-state index contributed by atoms with van der Waals surface area (Å²) in [5.74, 6) is 0.181. The summed E-state index contributed by atoms with van der Waals surface area (Å²) in [7, 11) is -2.39. The van der Waals surface area contributed by atoms with Crippen molar-refractivity contribution < 1.29 is 32.2 Å². The van der Waals surface area contributed by atoms with Gasteiger partial charge in [-0.15, -0.1) is 0 Å². The van der Waals surface area contributed by atoms with E-state index in [0.29, 0.717) is 59.7 Å². The van der Waals surface area contributed by atoms with Gasteiger partial charge in [0.05, 0.1) is 73.6 Å². The van der Waals surface area contributed by atoms with Crippen molar-refractivity contribution in [3.63, 3.8) is 0 Å². The Bertz CT molecular complexity index is 1370. The third kappa shape index (κ3) is 8.09. The van der Waals surface area contributed by atoms with Crippen molar-refractivity contribution in [1.29, 1.82) is 0 Å². The Kier molecular flexibility index (Phi) is 10.6. The van der Waals surface area contributed by atoms with Gasteiger partial charge in [0.15, 0.2) is 0 Å².